The minimum absolute atomic E-state index is 0.241. The molecule has 0 aliphatic heterocycles. The van der Waals surface area contributed by atoms with Gasteiger partial charge < -0.3 is 14.7 Å². The first-order valence-corrected chi connectivity index (χ1v) is 8.77. The lowest BCUT2D eigenvalue weighted by atomic mass is 10.2. The Kier molecular flexibility index (Phi) is 5.34. The quantitative estimate of drug-likeness (QED) is 0.627. The molecule has 2 aromatic heterocycles. The van der Waals surface area contributed by atoms with Crippen molar-refractivity contribution in [3.05, 3.63) is 41.0 Å². The number of rotatable bonds is 7. The Labute approximate surface area is 152 Å². The molecule has 10 heteroatoms. The number of hydrogen-bond donors (Lipinski definition) is 1. The van der Waals surface area contributed by atoms with Crippen molar-refractivity contribution in [1.82, 2.24) is 25.0 Å². The molecule has 0 saturated carbocycles. The lowest BCUT2D eigenvalue weighted by Gasteiger charge is -2.01. The zero-order chi connectivity index (χ0) is 17.8. The number of hydrogen-bond acceptors (Lipinski definition) is 7. The van der Waals surface area contributed by atoms with Gasteiger partial charge in [-0.1, -0.05) is 23.4 Å². The third-order valence-corrected chi connectivity index (χ3v) is 4.66. The third-order valence-electron chi connectivity index (χ3n) is 3.40. The highest BCUT2D eigenvalue weighted by molar-refractivity contribution is 7.98. The second-order valence-electron chi connectivity index (χ2n) is 5.22. The van der Waals surface area contributed by atoms with E-state index >= 15 is 0 Å². The summed E-state index contributed by atoms with van der Waals surface area (Å²) in [6.07, 6.45) is 0.700. The largest absolute Gasteiger partial charge is 0.420 e. The van der Waals surface area contributed by atoms with Crippen LogP contribution in [0.4, 0.5) is 0 Å². The fraction of sp³-hybridized carbons (Fsp3) is 0.267. The lowest BCUT2D eigenvalue weighted by molar-refractivity contribution is -0.118. The van der Waals surface area contributed by atoms with E-state index in [2.05, 4.69) is 20.4 Å². The molecule has 0 radical (unpaired) electrons. The van der Waals surface area contributed by atoms with Crippen LogP contribution in [0, 0.1) is 0 Å². The molecular formula is C15H15ClN6O2S. The Morgan fingerprint density at radius 1 is 1.24 bits per heavy atom. The summed E-state index contributed by atoms with van der Waals surface area (Å²) in [5.74, 6) is 1.72. The maximum Gasteiger partial charge on any atom is 0.247 e. The van der Waals surface area contributed by atoms with Gasteiger partial charge in [-0.05, 0) is 24.3 Å². The standard InChI is InChI=1S/C15H15ClN6O2S/c1-22-12(7-6-11(17)23)18-21-15(22)25-8-13-19-20-14(24-13)9-2-4-10(16)5-3-9/h2-5H,6-8H2,1H3,(H2,17,23). The van der Waals surface area contributed by atoms with E-state index in [0.717, 1.165) is 5.56 Å². The number of carbonyl (C=O) groups is 1. The minimum Gasteiger partial charge on any atom is -0.420 e. The molecule has 1 aromatic carbocycles. The van der Waals surface area contributed by atoms with Gasteiger partial charge in [0, 0.05) is 30.5 Å². The summed E-state index contributed by atoms with van der Waals surface area (Å²) in [6.45, 7) is 0. The van der Waals surface area contributed by atoms with Crippen LogP contribution >= 0.6 is 23.4 Å². The first-order chi connectivity index (χ1) is 12.0. The van der Waals surface area contributed by atoms with E-state index in [1.807, 2.05) is 23.7 Å². The van der Waals surface area contributed by atoms with Crippen molar-refractivity contribution in [3.8, 4) is 11.5 Å². The van der Waals surface area contributed by atoms with Crippen LogP contribution in [0.15, 0.2) is 33.8 Å². The van der Waals surface area contributed by atoms with Gasteiger partial charge in [-0.2, -0.15) is 0 Å². The smallest absolute Gasteiger partial charge is 0.247 e. The highest BCUT2D eigenvalue weighted by Gasteiger charge is 2.13. The molecule has 130 valence electrons. The number of aromatic nitrogens is 5. The van der Waals surface area contributed by atoms with E-state index < -0.39 is 0 Å². The Bertz CT molecular complexity index is 877. The molecule has 0 saturated heterocycles. The van der Waals surface area contributed by atoms with Crippen LogP contribution in [0.1, 0.15) is 18.1 Å². The highest BCUT2D eigenvalue weighted by atomic mass is 35.5. The van der Waals surface area contributed by atoms with Gasteiger partial charge in [0.25, 0.3) is 0 Å². The number of primary amides is 1. The van der Waals surface area contributed by atoms with E-state index in [0.29, 0.717) is 40.0 Å². The van der Waals surface area contributed by atoms with Gasteiger partial charge in [0.2, 0.25) is 17.7 Å². The van der Waals surface area contributed by atoms with Crippen LogP contribution in [-0.4, -0.2) is 30.9 Å². The summed E-state index contributed by atoms with van der Waals surface area (Å²) in [7, 11) is 1.84. The van der Waals surface area contributed by atoms with Crippen molar-refractivity contribution in [2.24, 2.45) is 12.8 Å². The molecule has 0 bridgehead atoms. The fourth-order valence-corrected chi connectivity index (χ4v) is 2.96. The van der Waals surface area contributed by atoms with E-state index in [-0.39, 0.29) is 12.3 Å². The second kappa shape index (κ2) is 7.66. The van der Waals surface area contributed by atoms with Crippen molar-refractivity contribution in [2.45, 2.75) is 23.8 Å². The molecule has 25 heavy (non-hydrogen) atoms. The van der Waals surface area contributed by atoms with Crippen LogP contribution < -0.4 is 5.73 Å². The third kappa shape index (κ3) is 4.37. The number of benzene rings is 1. The van der Waals surface area contributed by atoms with Crippen molar-refractivity contribution >= 4 is 29.3 Å². The molecule has 0 spiro atoms. The molecule has 2 N–H and O–H groups in total. The minimum atomic E-state index is -0.363. The fourth-order valence-electron chi connectivity index (χ4n) is 2.07. The lowest BCUT2D eigenvalue weighted by Crippen LogP contribution is -2.12. The van der Waals surface area contributed by atoms with Crippen LogP contribution in [0.5, 0.6) is 0 Å². The Morgan fingerprint density at radius 3 is 2.72 bits per heavy atom. The maximum absolute atomic E-state index is 10.9. The molecule has 0 unspecified atom stereocenters. The van der Waals surface area contributed by atoms with Gasteiger partial charge in [-0.25, -0.2) is 0 Å². The van der Waals surface area contributed by atoms with Crippen molar-refractivity contribution in [2.75, 3.05) is 0 Å². The molecule has 0 aliphatic rings. The number of nitrogens with two attached hydrogens (primary N) is 1. The molecule has 0 aliphatic carbocycles. The zero-order valence-corrected chi connectivity index (χ0v) is 14.9. The van der Waals surface area contributed by atoms with E-state index in [9.17, 15) is 4.79 Å². The van der Waals surface area contributed by atoms with Crippen LogP contribution in [0.3, 0.4) is 0 Å². The number of halogens is 1. The van der Waals surface area contributed by atoms with Crippen LogP contribution in [0.2, 0.25) is 5.02 Å². The molecule has 2 heterocycles. The van der Waals surface area contributed by atoms with Gasteiger partial charge in [-0.15, -0.1) is 20.4 Å². The predicted octanol–water partition coefficient (Wildman–Crippen LogP) is 2.23. The first-order valence-electron chi connectivity index (χ1n) is 7.40. The number of amides is 1. The van der Waals surface area contributed by atoms with Gasteiger partial charge in [0.05, 0.1) is 5.75 Å². The number of carbonyl (C=O) groups excluding carboxylic acids is 1. The molecular weight excluding hydrogens is 364 g/mol. The van der Waals surface area contributed by atoms with Crippen LogP contribution in [-0.2, 0) is 24.0 Å². The Balaban J connectivity index is 1.63. The zero-order valence-electron chi connectivity index (χ0n) is 13.3. The molecule has 8 nitrogen and oxygen atoms in total. The van der Waals surface area contributed by atoms with Gasteiger partial charge in [0.1, 0.15) is 5.82 Å². The summed E-state index contributed by atoms with van der Waals surface area (Å²) >= 11 is 7.29. The monoisotopic (exact) mass is 378 g/mol. The Morgan fingerprint density at radius 2 is 2.00 bits per heavy atom. The average molecular weight is 379 g/mol. The first kappa shape index (κ1) is 17.4. The van der Waals surface area contributed by atoms with E-state index in [1.54, 1.807) is 12.1 Å². The topological polar surface area (TPSA) is 113 Å². The van der Waals surface area contributed by atoms with Crippen molar-refractivity contribution < 1.29 is 9.21 Å². The highest BCUT2D eigenvalue weighted by Crippen LogP contribution is 2.24. The van der Waals surface area contributed by atoms with Crippen LogP contribution in [0.25, 0.3) is 11.5 Å². The van der Waals surface area contributed by atoms with Gasteiger partial charge >= 0.3 is 0 Å². The molecule has 0 fully saturated rings. The molecule has 0 atom stereocenters. The summed E-state index contributed by atoms with van der Waals surface area (Å²) in [5, 5.41) is 17.6. The van der Waals surface area contributed by atoms with E-state index in [4.69, 9.17) is 21.8 Å². The summed E-state index contributed by atoms with van der Waals surface area (Å²) in [5.41, 5.74) is 5.96. The van der Waals surface area contributed by atoms with Gasteiger partial charge in [-0.3, -0.25) is 4.79 Å². The number of nitrogens with zero attached hydrogens (tertiary/aromatic N) is 5. The molecule has 1 amide bonds. The number of aryl methyl sites for hydroxylation is 1. The number of thioether (sulfide) groups is 1. The molecule has 3 aromatic rings. The predicted molar refractivity (Wildman–Crippen MR) is 92.8 cm³/mol. The summed E-state index contributed by atoms with van der Waals surface area (Å²) in [4.78, 5) is 10.9. The van der Waals surface area contributed by atoms with Gasteiger partial charge in [0.15, 0.2) is 5.16 Å². The van der Waals surface area contributed by atoms with Crippen molar-refractivity contribution in [3.63, 3.8) is 0 Å². The SMILES string of the molecule is Cn1c(CCC(N)=O)nnc1SCc1nnc(-c2ccc(Cl)cc2)o1. The maximum atomic E-state index is 10.9. The normalized spacial score (nSPS) is 11.0. The molecule has 3 rings (SSSR count). The Hall–Kier alpha value is -2.39. The summed E-state index contributed by atoms with van der Waals surface area (Å²) < 4.78 is 7.48. The van der Waals surface area contributed by atoms with Crippen molar-refractivity contribution in [1.29, 1.82) is 0 Å². The van der Waals surface area contributed by atoms with E-state index in [1.165, 1.54) is 11.8 Å². The second-order valence-corrected chi connectivity index (χ2v) is 6.60. The average Bonchev–Trinajstić information content (AvgIpc) is 3.19. The summed E-state index contributed by atoms with van der Waals surface area (Å²) in [6, 6.07) is 7.17.